The third-order valence-corrected chi connectivity index (χ3v) is 4.21. The monoisotopic (exact) mass is 326 g/mol. The third kappa shape index (κ3) is 7.48. The molecule has 23 heavy (non-hydrogen) atoms. The van der Waals surface area contributed by atoms with E-state index in [2.05, 4.69) is 5.32 Å². The summed E-state index contributed by atoms with van der Waals surface area (Å²) in [5.41, 5.74) is 0. The molecule has 1 atom stereocenters. The molecule has 0 aromatic rings. The molecular formula is C17H30N2O4. The highest BCUT2D eigenvalue weighted by Crippen LogP contribution is 2.18. The van der Waals surface area contributed by atoms with Gasteiger partial charge in [0.15, 0.2) is 0 Å². The Morgan fingerprint density at radius 3 is 2.52 bits per heavy atom. The van der Waals surface area contributed by atoms with Crippen molar-refractivity contribution in [1.82, 2.24) is 10.2 Å². The number of nitrogens with zero attached hydrogens (tertiary/aromatic N) is 1. The van der Waals surface area contributed by atoms with Crippen LogP contribution in [-0.2, 0) is 14.4 Å². The lowest BCUT2D eigenvalue weighted by molar-refractivity contribution is -0.142. The van der Waals surface area contributed by atoms with E-state index >= 15 is 0 Å². The molecule has 0 spiro atoms. The average molecular weight is 326 g/mol. The van der Waals surface area contributed by atoms with Crippen LogP contribution >= 0.6 is 0 Å². The highest BCUT2D eigenvalue weighted by molar-refractivity contribution is 5.87. The molecule has 1 aliphatic heterocycles. The van der Waals surface area contributed by atoms with Crippen LogP contribution in [0, 0.1) is 0 Å². The van der Waals surface area contributed by atoms with Crippen molar-refractivity contribution in [3.63, 3.8) is 0 Å². The number of nitrogens with one attached hydrogen (secondary N) is 1. The molecule has 2 N–H and O–H groups in total. The molecule has 1 rings (SSSR count). The van der Waals surface area contributed by atoms with Gasteiger partial charge in [0, 0.05) is 25.9 Å². The summed E-state index contributed by atoms with van der Waals surface area (Å²) >= 11 is 0. The summed E-state index contributed by atoms with van der Waals surface area (Å²) in [5.74, 6) is -0.715. The Bertz CT molecular complexity index is 398. The molecule has 0 aromatic carbocycles. The molecule has 132 valence electrons. The zero-order valence-corrected chi connectivity index (χ0v) is 14.2. The van der Waals surface area contributed by atoms with Crippen molar-refractivity contribution in [3.05, 3.63) is 0 Å². The summed E-state index contributed by atoms with van der Waals surface area (Å²) in [4.78, 5) is 36.6. The van der Waals surface area contributed by atoms with Crippen molar-refractivity contribution in [2.75, 3.05) is 13.1 Å². The first-order chi connectivity index (χ1) is 11.1. The average Bonchev–Trinajstić information content (AvgIpc) is 2.53. The number of aliphatic carboxylic acids is 1. The van der Waals surface area contributed by atoms with Crippen LogP contribution in [0.5, 0.6) is 0 Å². The molecule has 0 saturated carbocycles. The third-order valence-electron chi connectivity index (χ3n) is 4.21. The van der Waals surface area contributed by atoms with Crippen molar-refractivity contribution in [2.24, 2.45) is 0 Å². The second-order valence-corrected chi connectivity index (χ2v) is 6.20. The van der Waals surface area contributed by atoms with E-state index in [1.54, 1.807) is 4.90 Å². The molecule has 0 radical (unpaired) electrons. The van der Waals surface area contributed by atoms with Gasteiger partial charge < -0.3 is 15.3 Å². The number of piperidine rings is 1. The lowest BCUT2D eigenvalue weighted by atomic mass is 10.0. The summed E-state index contributed by atoms with van der Waals surface area (Å²) in [6, 6.07) is -0.310. The molecule has 0 bridgehead atoms. The molecule has 0 aliphatic carbocycles. The van der Waals surface area contributed by atoms with Crippen LogP contribution in [0.1, 0.15) is 71.1 Å². The van der Waals surface area contributed by atoms with Gasteiger partial charge in [-0.1, -0.05) is 19.8 Å². The van der Waals surface area contributed by atoms with Crippen LogP contribution in [-0.4, -0.2) is 46.9 Å². The molecule has 1 heterocycles. The van der Waals surface area contributed by atoms with Gasteiger partial charge in [-0.25, -0.2) is 0 Å². The quantitative estimate of drug-likeness (QED) is 0.603. The van der Waals surface area contributed by atoms with Gasteiger partial charge in [-0.3, -0.25) is 14.4 Å². The van der Waals surface area contributed by atoms with E-state index in [1.165, 1.54) is 0 Å². The normalized spacial score (nSPS) is 17.8. The molecule has 0 aromatic heterocycles. The molecule has 1 aliphatic rings. The van der Waals surface area contributed by atoms with Gasteiger partial charge in [0.2, 0.25) is 11.8 Å². The summed E-state index contributed by atoms with van der Waals surface area (Å²) in [6.45, 7) is 3.26. The molecule has 6 nitrogen and oxygen atoms in total. The van der Waals surface area contributed by atoms with Crippen LogP contribution in [0.25, 0.3) is 0 Å². The van der Waals surface area contributed by atoms with E-state index in [9.17, 15) is 14.4 Å². The smallest absolute Gasteiger partial charge is 0.303 e. The maximum atomic E-state index is 12.3. The van der Waals surface area contributed by atoms with Gasteiger partial charge in [-0.15, -0.1) is 0 Å². The zero-order chi connectivity index (χ0) is 17.1. The number of carboxylic acids is 1. The van der Waals surface area contributed by atoms with Crippen molar-refractivity contribution < 1.29 is 19.5 Å². The molecular weight excluding hydrogens is 296 g/mol. The van der Waals surface area contributed by atoms with Crippen molar-refractivity contribution in [1.29, 1.82) is 0 Å². The zero-order valence-electron chi connectivity index (χ0n) is 14.2. The SMILES string of the molecule is CCCC(=O)N1CCCCC1C(=O)NCCCCCCC(=O)O. The van der Waals surface area contributed by atoms with Crippen LogP contribution in [0.4, 0.5) is 0 Å². The summed E-state index contributed by atoms with van der Waals surface area (Å²) in [6.07, 6.45) is 7.55. The number of carbonyl (C=O) groups excluding carboxylic acids is 2. The van der Waals surface area contributed by atoms with Crippen molar-refractivity contribution in [3.8, 4) is 0 Å². The Labute approximate surface area is 138 Å². The fraction of sp³-hybridized carbons (Fsp3) is 0.824. The molecule has 1 fully saturated rings. The van der Waals surface area contributed by atoms with Crippen LogP contribution in [0.2, 0.25) is 0 Å². The van der Waals surface area contributed by atoms with Gasteiger partial charge in [0.1, 0.15) is 6.04 Å². The van der Waals surface area contributed by atoms with Gasteiger partial charge in [-0.05, 0) is 38.5 Å². The van der Waals surface area contributed by atoms with E-state index in [0.29, 0.717) is 25.9 Å². The van der Waals surface area contributed by atoms with E-state index in [0.717, 1.165) is 44.9 Å². The topological polar surface area (TPSA) is 86.7 Å². The number of rotatable bonds is 10. The van der Waals surface area contributed by atoms with Crippen molar-refractivity contribution >= 4 is 17.8 Å². The number of likely N-dealkylation sites (tertiary alicyclic amines) is 1. The largest absolute Gasteiger partial charge is 0.481 e. The number of carbonyl (C=O) groups is 3. The van der Waals surface area contributed by atoms with Gasteiger partial charge in [0.05, 0.1) is 0 Å². The van der Waals surface area contributed by atoms with E-state index in [4.69, 9.17) is 5.11 Å². The number of hydrogen-bond donors (Lipinski definition) is 2. The Hall–Kier alpha value is -1.59. The van der Waals surface area contributed by atoms with Crippen molar-refractivity contribution in [2.45, 2.75) is 77.2 Å². The minimum atomic E-state index is -0.757. The minimum absolute atomic E-state index is 0.0420. The van der Waals surface area contributed by atoms with Crippen LogP contribution in [0.15, 0.2) is 0 Å². The predicted molar refractivity (Wildman–Crippen MR) is 88.0 cm³/mol. The van der Waals surface area contributed by atoms with Crippen LogP contribution in [0.3, 0.4) is 0 Å². The van der Waals surface area contributed by atoms with Crippen LogP contribution < -0.4 is 5.32 Å². The first-order valence-corrected chi connectivity index (χ1v) is 8.85. The minimum Gasteiger partial charge on any atom is -0.481 e. The first-order valence-electron chi connectivity index (χ1n) is 8.85. The molecule has 6 heteroatoms. The highest BCUT2D eigenvalue weighted by atomic mass is 16.4. The van der Waals surface area contributed by atoms with E-state index in [1.807, 2.05) is 6.92 Å². The lowest BCUT2D eigenvalue weighted by Crippen LogP contribution is -2.52. The number of hydrogen-bond acceptors (Lipinski definition) is 3. The van der Waals surface area contributed by atoms with Gasteiger partial charge in [-0.2, -0.15) is 0 Å². The Balaban J connectivity index is 2.26. The second kappa shape index (κ2) is 11.0. The number of carboxylic acid groups (broad SMARTS) is 1. The first kappa shape index (κ1) is 19.5. The standard InChI is InChI=1S/C17H30N2O4/c1-2-9-15(20)19-13-8-6-10-14(19)17(23)18-12-7-4-3-5-11-16(21)22/h14H,2-13H2,1H3,(H,18,23)(H,21,22). The summed E-state index contributed by atoms with van der Waals surface area (Å²) < 4.78 is 0. The fourth-order valence-electron chi connectivity index (χ4n) is 2.94. The van der Waals surface area contributed by atoms with Gasteiger partial charge >= 0.3 is 5.97 Å². The summed E-state index contributed by atoms with van der Waals surface area (Å²) in [5, 5.41) is 11.5. The Morgan fingerprint density at radius 2 is 1.83 bits per heavy atom. The molecule has 1 saturated heterocycles. The number of unbranched alkanes of at least 4 members (excludes halogenated alkanes) is 3. The Morgan fingerprint density at radius 1 is 1.09 bits per heavy atom. The second-order valence-electron chi connectivity index (χ2n) is 6.20. The maximum absolute atomic E-state index is 12.3. The predicted octanol–water partition coefficient (Wildman–Crippen LogP) is 2.32. The summed E-state index contributed by atoms with van der Waals surface area (Å²) in [7, 11) is 0. The van der Waals surface area contributed by atoms with E-state index in [-0.39, 0.29) is 24.3 Å². The Kier molecular flexibility index (Phi) is 9.33. The molecule has 2 amide bonds. The number of amides is 2. The van der Waals surface area contributed by atoms with E-state index < -0.39 is 5.97 Å². The van der Waals surface area contributed by atoms with Gasteiger partial charge in [0.25, 0.3) is 0 Å². The lowest BCUT2D eigenvalue weighted by Gasteiger charge is -2.34. The molecule has 1 unspecified atom stereocenters. The highest BCUT2D eigenvalue weighted by Gasteiger charge is 2.31. The maximum Gasteiger partial charge on any atom is 0.303 e. The fourth-order valence-corrected chi connectivity index (χ4v) is 2.94.